The normalized spacial score (nSPS) is 14.4. The molecule has 1 aliphatic heterocycles. The fraction of sp³-hybridized carbons (Fsp3) is 0.214. The Hall–Kier alpha value is -4.10. The second-order valence-electron chi connectivity index (χ2n) is 9.29. The first-order chi connectivity index (χ1) is 19.4. The molecule has 0 atom stereocenters. The van der Waals surface area contributed by atoms with Gasteiger partial charge in [-0.25, -0.2) is 4.79 Å². The van der Waals surface area contributed by atoms with Gasteiger partial charge in [0.1, 0.15) is 5.75 Å². The molecule has 1 saturated heterocycles. The molecule has 0 saturated carbocycles. The lowest BCUT2D eigenvalue weighted by Gasteiger charge is -2.22. The summed E-state index contributed by atoms with van der Waals surface area (Å²) in [4.78, 5) is 31.2. The highest BCUT2D eigenvalue weighted by molar-refractivity contribution is 8.15. The molecule has 8 nitrogen and oxygen atoms in total. The SMILES string of the molecule is Cc1ccc(C(C)C)c(N2C(=O)CS/C2=N\C(=O)Nc2ccc(NC(=S)Nc3ccc(OC(F)(F)F)cc3)cc2)c1. The number of thioether (sulfide) groups is 1. The molecule has 0 spiro atoms. The molecule has 0 radical (unpaired) electrons. The summed E-state index contributed by atoms with van der Waals surface area (Å²) < 4.78 is 40.8. The molecule has 0 aliphatic carbocycles. The van der Waals surface area contributed by atoms with Crippen LogP contribution in [0, 0.1) is 6.92 Å². The first-order valence-electron chi connectivity index (χ1n) is 12.4. The zero-order valence-corrected chi connectivity index (χ0v) is 23.8. The molecule has 3 N–H and O–H groups in total. The lowest BCUT2D eigenvalue weighted by molar-refractivity contribution is -0.274. The molecule has 0 bridgehead atoms. The van der Waals surface area contributed by atoms with E-state index >= 15 is 0 Å². The van der Waals surface area contributed by atoms with Gasteiger partial charge in [0.05, 0.1) is 11.4 Å². The third-order valence-corrected chi connectivity index (χ3v) is 6.88. The maximum absolute atomic E-state index is 12.7. The topological polar surface area (TPSA) is 95.1 Å². The average Bonchev–Trinajstić information content (AvgIpc) is 3.24. The molecule has 0 unspecified atom stereocenters. The van der Waals surface area contributed by atoms with Crippen LogP contribution in [0.4, 0.5) is 40.7 Å². The van der Waals surface area contributed by atoms with Crippen LogP contribution in [-0.4, -0.2) is 34.3 Å². The van der Waals surface area contributed by atoms with E-state index in [1.807, 2.05) is 39.0 Å². The van der Waals surface area contributed by atoms with Crippen molar-refractivity contribution in [2.45, 2.75) is 33.1 Å². The number of amidine groups is 1. The number of benzene rings is 3. The molecule has 41 heavy (non-hydrogen) atoms. The van der Waals surface area contributed by atoms with Crippen LogP contribution in [0.15, 0.2) is 71.7 Å². The van der Waals surface area contributed by atoms with E-state index in [0.717, 1.165) is 16.8 Å². The number of alkyl halides is 3. The molecule has 3 aromatic rings. The summed E-state index contributed by atoms with van der Waals surface area (Å²) >= 11 is 6.47. The third-order valence-electron chi connectivity index (χ3n) is 5.75. The number of ether oxygens (including phenoxy) is 1. The van der Waals surface area contributed by atoms with Crippen molar-refractivity contribution in [2.75, 3.05) is 26.6 Å². The maximum Gasteiger partial charge on any atom is 0.573 e. The summed E-state index contributed by atoms with van der Waals surface area (Å²) in [5.74, 6) is -0.115. The number of nitrogens with zero attached hydrogens (tertiary/aromatic N) is 2. The molecular formula is C28H26F3N5O3S2. The Bertz CT molecular complexity index is 1480. The molecule has 3 aromatic carbocycles. The van der Waals surface area contributed by atoms with Crippen molar-refractivity contribution < 1.29 is 27.5 Å². The minimum Gasteiger partial charge on any atom is -0.406 e. The van der Waals surface area contributed by atoms with Gasteiger partial charge in [0, 0.05) is 17.1 Å². The Morgan fingerprint density at radius 1 is 0.976 bits per heavy atom. The Balaban J connectivity index is 1.36. The van der Waals surface area contributed by atoms with Gasteiger partial charge < -0.3 is 20.7 Å². The van der Waals surface area contributed by atoms with Crippen LogP contribution in [0.25, 0.3) is 0 Å². The van der Waals surface area contributed by atoms with Crippen LogP contribution in [0.5, 0.6) is 5.75 Å². The number of aryl methyl sites for hydroxylation is 1. The van der Waals surface area contributed by atoms with Gasteiger partial charge in [-0.3, -0.25) is 9.69 Å². The number of urea groups is 1. The van der Waals surface area contributed by atoms with Gasteiger partial charge in [-0.1, -0.05) is 37.7 Å². The van der Waals surface area contributed by atoms with Crippen LogP contribution in [0.3, 0.4) is 0 Å². The van der Waals surface area contributed by atoms with Crippen LogP contribution in [-0.2, 0) is 4.79 Å². The van der Waals surface area contributed by atoms with Crippen molar-refractivity contribution in [3.05, 3.63) is 77.9 Å². The van der Waals surface area contributed by atoms with Gasteiger partial charge in [-0.2, -0.15) is 4.99 Å². The maximum atomic E-state index is 12.7. The van der Waals surface area contributed by atoms with Gasteiger partial charge in [0.25, 0.3) is 0 Å². The Morgan fingerprint density at radius 3 is 2.10 bits per heavy atom. The third kappa shape index (κ3) is 8.21. The number of carbonyl (C=O) groups excluding carboxylic acids is 2. The van der Waals surface area contributed by atoms with Gasteiger partial charge in [-0.05, 0) is 90.8 Å². The van der Waals surface area contributed by atoms with Crippen molar-refractivity contribution in [1.29, 1.82) is 0 Å². The van der Waals surface area contributed by atoms with E-state index in [-0.39, 0.29) is 28.4 Å². The number of aliphatic imine (C=N–C) groups is 1. The minimum atomic E-state index is -4.77. The van der Waals surface area contributed by atoms with E-state index < -0.39 is 12.4 Å². The van der Waals surface area contributed by atoms with Crippen molar-refractivity contribution in [1.82, 2.24) is 0 Å². The summed E-state index contributed by atoms with van der Waals surface area (Å²) in [6, 6.07) is 17.1. The highest BCUT2D eigenvalue weighted by Gasteiger charge is 2.33. The quantitative estimate of drug-likeness (QED) is 0.252. The lowest BCUT2D eigenvalue weighted by atomic mass is 9.99. The Labute approximate surface area is 244 Å². The average molecular weight is 602 g/mol. The fourth-order valence-corrected chi connectivity index (χ4v) is 5.02. The number of hydrogen-bond acceptors (Lipinski definition) is 5. The van der Waals surface area contributed by atoms with Crippen molar-refractivity contribution >= 4 is 68.9 Å². The van der Waals surface area contributed by atoms with E-state index in [2.05, 4.69) is 25.7 Å². The number of rotatable bonds is 6. The summed E-state index contributed by atoms with van der Waals surface area (Å²) in [5.41, 5.74) is 4.25. The summed E-state index contributed by atoms with van der Waals surface area (Å²) in [5, 5.41) is 9.04. The van der Waals surface area contributed by atoms with Crippen molar-refractivity contribution in [3.8, 4) is 5.75 Å². The number of anilines is 4. The molecule has 1 aliphatic rings. The zero-order chi connectivity index (χ0) is 29.7. The van der Waals surface area contributed by atoms with Gasteiger partial charge in [0.2, 0.25) is 5.91 Å². The number of thiocarbonyl (C=S) groups is 1. The zero-order valence-electron chi connectivity index (χ0n) is 22.2. The number of nitrogens with one attached hydrogen (secondary N) is 3. The van der Waals surface area contributed by atoms with Crippen molar-refractivity contribution in [2.24, 2.45) is 4.99 Å². The van der Waals surface area contributed by atoms with Crippen LogP contribution in [0.2, 0.25) is 0 Å². The monoisotopic (exact) mass is 601 g/mol. The van der Waals surface area contributed by atoms with Gasteiger partial charge in [-0.15, -0.1) is 13.2 Å². The summed E-state index contributed by atoms with van der Waals surface area (Å²) in [7, 11) is 0. The number of hydrogen-bond donors (Lipinski definition) is 3. The molecule has 4 rings (SSSR count). The molecule has 214 valence electrons. The largest absolute Gasteiger partial charge is 0.573 e. The first-order valence-corrected chi connectivity index (χ1v) is 13.8. The molecule has 13 heteroatoms. The van der Waals surface area contributed by atoms with Crippen molar-refractivity contribution in [3.63, 3.8) is 0 Å². The number of amides is 3. The van der Waals surface area contributed by atoms with Gasteiger partial charge in [0.15, 0.2) is 10.3 Å². The second kappa shape index (κ2) is 12.6. The summed E-state index contributed by atoms with van der Waals surface area (Å²) in [6.45, 7) is 6.03. The molecule has 1 fully saturated rings. The lowest BCUT2D eigenvalue weighted by Crippen LogP contribution is -2.31. The van der Waals surface area contributed by atoms with E-state index in [1.165, 1.54) is 40.9 Å². The Morgan fingerprint density at radius 2 is 1.54 bits per heavy atom. The molecular weight excluding hydrogens is 575 g/mol. The molecule has 0 aromatic heterocycles. The first kappa shape index (κ1) is 29.9. The standard InChI is InChI=1S/C28H26F3N5O3S2/c1-16(2)22-13-4-17(3)14-23(22)36-24(37)15-41-27(36)35-25(38)32-18-5-7-19(8-6-18)33-26(40)34-20-9-11-21(12-10-20)39-28(29,30)31/h4-14,16H,15H2,1-3H3,(H,32,38)(H2,33,34,40)/b35-27-. The van der Waals surface area contributed by atoms with Crippen LogP contribution >= 0.6 is 24.0 Å². The summed E-state index contributed by atoms with van der Waals surface area (Å²) in [6.07, 6.45) is -4.77. The fourth-order valence-electron chi connectivity index (χ4n) is 3.93. The highest BCUT2D eigenvalue weighted by atomic mass is 32.2. The predicted octanol–water partition coefficient (Wildman–Crippen LogP) is 7.49. The van der Waals surface area contributed by atoms with Crippen LogP contribution in [0.1, 0.15) is 30.9 Å². The highest BCUT2D eigenvalue weighted by Crippen LogP contribution is 2.34. The van der Waals surface area contributed by atoms with E-state index in [0.29, 0.717) is 22.2 Å². The Kier molecular flexibility index (Phi) is 9.18. The van der Waals surface area contributed by atoms with E-state index in [4.69, 9.17) is 12.2 Å². The number of halogens is 3. The minimum absolute atomic E-state index is 0.139. The molecule has 3 amide bonds. The second-order valence-corrected chi connectivity index (χ2v) is 10.6. The number of carbonyl (C=O) groups is 2. The van der Waals surface area contributed by atoms with E-state index in [1.54, 1.807) is 24.3 Å². The van der Waals surface area contributed by atoms with Crippen LogP contribution < -0.4 is 25.6 Å². The van der Waals surface area contributed by atoms with E-state index in [9.17, 15) is 22.8 Å². The molecule has 1 heterocycles. The predicted molar refractivity (Wildman–Crippen MR) is 161 cm³/mol. The smallest absolute Gasteiger partial charge is 0.406 e. The van der Waals surface area contributed by atoms with Gasteiger partial charge >= 0.3 is 12.4 Å².